The summed E-state index contributed by atoms with van der Waals surface area (Å²) in [7, 11) is 0. The number of hydrogen-bond acceptors (Lipinski definition) is 36. The van der Waals surface area contributed by atoms with E-state index < -0.39 is 306 Å². The second-order valence-electron chi connectivity index (χ2n) is 24.3. The molecule has 4 rings (SSSR count). The van der Waals surface area contributed by atoms with Crippen LogP contribution in [0.25, 0.3) is 0 Å². The average molecular weight is 1470 g/mol. The van der Waals surface area contributed by atoms with Gasteiger partial charge in [0.25, 0.3) is 23.1 Å². The zero-order valence-electron chi connectivity index (χ0n) is 54.1. The number of rotatable bonds is 37. The van der Waals surface area contributed by atoms with E-state index in [0.717, 1.165) is 34.6 Å². The third-order valence-corrected chi connectivity index (χ3v) is 16.7. The Morgan fingerprint density at radius 3 is 0.851 bits per heavy atom. The molecule has 46 nitrogen and oxygen atoms in total. The fourth-order valence-corrected chi connectivity index (χ4v) is 12.0. The van der Waals surface area contributed by atoms with Gasteiger partial charge in [-0.3, -0.25) is 28.8 Å². The van der Waals surface area contributed by atoms with Crippen molar-refractivity contribution in [2.24, 2.45) is 0 Å². The first-order valence-corrected chi connectivity index (χ1v) is 30.5. The molecule has 29 atom stereocenters. The van der Waals surface area contributed by atoms with Crippen LogP contribution in [0.4, 0.5) is 0 Å². The molecule has 0 bridgehead atoms. The van der Waals surface area contributed by atoms with E-state index >= 15 is 0 Å². The maximum absolute atomic E-state index is 13.6. The molecule has 4 saturated heterocycles. The predicted octanol–water partition coefficient (Wildman–Crippen LogP) is -15.3. The van der Waals surface area contributed by atoms with Crippen molar-refractivity contribution in [2.45, 2.75) is 242 Å². The monoisotopic (exact) mass is 1470 g/mol. The van der Waals surface area contributed by atoms with Gasteiger partial charge in [-0.25, -0.2) is 24.0 Å². The SMILES string of the molecule is CC(=O)N[C@@H]([C@@H](O)[C@H](O)[C@@H](CO)OC1(C(=O)O)C[C@H](O)[C@@H](NC(C)=O)C([C@H](O)[C@@H](CO)OC2(C(=O)O)C[C@H](O)[C@@H](NC(C)=O)C([C@H](O)[C@@H](CO)OC3(C(=O)O)C[C@H](O)[C@@H](NC(C)=O)C([C@H](O)[C@@H](CO)OC4(C(=O)O)C[C@H](O)[C@@H](NC(C)=O)C([C@H](O)[C@H](O)CO)O4)O3)O2)O1)[C@@H](O)CC(=O)C(=O)O. The lowest BCUT2D eigenvalue weighted by Gasteiger charge is -2.51. The quantitative estimate of drug-likeness (QED) is 0.0257. The summed E-state index contributed by atoms with van der Waals surface area (Å²) in [5, 5.41) is 252. The van der Waals surface area contributed by atoms with Crippen LogP contribution in [0.2, 0.25) is 0 Å². The van der Waals surface area contributed by atoms with Gasteiger partial charge in [0, 0.05) is 66.7 Å². The highest BCUT2D eigenvalue weighted by Gasteiger charge is 2.64. The Hall–Kier alpha value is -6.63. The minimum Gasteiger partial charge on any atom is -0.477 e. The molecule has 0 saturated carbocycles. The van der Waals surface area contributed by atoms with Gasteiger partial charge in [-0.2, -0.15) is 0 Å². The topological polar surface area (TPSA) is 767 Å². The van der Waals surface area contributed by atoms with Gasteiger partial charge in [0.15, 0.2) is 0 Å². The van der Waals surface area contributed by atoms with Crippen molar-refractivity contribution in [3.63, 3.8) is 0 Å². The van der Waals surface area contributed by atoms with Crippen LogP contribution in [0, 0.1) is 0 Å². The number of carboxylic acids is 5. The zero-order chi connectivity index (χ0) is 77.0. The summed E-state index contributed by atoms with van der Waals surface area (Å²) in [5.41, 5.74) is 0. The number of Topliss-reactive ketones (excluding diaryl/α,β-unsaturated/α-hetero) is 1. The van der Waals surface area contributed by atoms with Crippen LogP contribution in [0.1, 0.15) is 66.7 Å². The van der Waals surface area contributed by atoms with E-state index in [0.29, 0.717) is 0 Å². The van der Waals surface area contributed by atoms with Gasteiger partial charge in [0.05, 0.1) is 93.8 Å². The molecule has 5 amide bonds. The smallest absolute Gasteiger partial charge is 0.372 e. The highest BCUT2D eigenvalue weighted by molar-refractivity contribution is 6.32. The molecular weight excluding hydrogens is 1390 g/mol. The summed E-state index contributed by atoms with van der Waals surface area (Å²) >= 11 is 0. The molecule has 8 unspecified atom stereocenters. The first-order valence-electron chi connectivity index (χ1n) is 30.5. The van der Waals surface area contributed by atoms with Crippen LogP contribution >= 0.6 is 0 Å². The predicted molar refractivity (Wildman–Crippen MR) is 312 cm³/mol. The van der Waals surface area contributed by atoms with Crippen molar-refractivity contribution in [1.29, 1.82) is 0 Å². The van der Waals surface area contributed by atoms with Crippen LogP contribution in [-0.2, 0) is 90.6 Å². The van der Waals surface area contributed by atoms with Crippen LogP contribution in [0.15, 0.2) is 0 Å². The van der Waals surface area contributed by atoms with Crippen molar-refractivity contribution in [1.82, 2.24) is 26.6 Å². The zero-order valence-corrected chi connectivity index (χ0v) is 54.1. The van der Waals surface area contributed by atoms with Crippen LogP contribution in [0.3, 0.4) is 0 Å². The Bertz CT molecular complexity index is 2920. The van der Waals surface area contributed by atoms with E-state index in [1.165, 1.54) is 0 Å². The molecule has 4 fully saturated rings. The van der Waals surface area contributed by atoms with E-state index in [9.17, 15) is 160 Å². The molecule has 46 heteroatoms. The van der Waals surface area contributed by atoms with Gasteiger partial charge in [0.2, 0.25) is 35.3 Å². The number of carboxylic acid groups (broad SMARTS) is 5. The van der Waals surface area contributed by atoms with Crippen molar-refractivity contribution in [2.75, 3.05) is 33.0 Å². The van der Waals surface area contributed by atoms with Crippen molar-refractivity contribution < 1.29 is 203 Å². The number of amides is 5. The van der Waals surface area contributed by atoms with Crippen LogP contribution in [-0.4, -0.2) is 386 Å². The molecule has 101 heavy (non-hydrogen) atoms. The third-order valence-electron chi connectivity index (χ3n) is 16.7. The number of hydrogen-bond donors (Lipinski definition) is 27. The molecule has 0 aromatic rings. The Balaban J connectivity index is 1.81. The highest BCUT2D eigenvalue weighted by atomic mass is 16.8. The number of aliphatic hydroxyl groups excluding tert-OH is 17. The molecular formula is C55H87N5O41. The second-order valence-corrected chi connectivity index (χ2v) is 24.3. The number of ether oxygens (including phenoxy) is 8. The van der Waals surface area contributed by atoms with Gasteiger partial charge in [0.1, 0.15) is 91.6 Å². The maximum Gasteiger partial charge on any atom is 0.372 e. The second kappa shape index (κ2) is 36.2. The number of aliphatic hydroxyl groups is 17. The minimum atomic E-state index is -3.69. The molecule has 0 aromatic heterocycles. The summed E-state index contributed by atoms with van der Waals surface area (Å²) in [5.74, 6) is -32.8. The van der Waals surface area contributed by atoms with Crippen LogP contribution < -0.4 is 26.6 Å². The molecule has 4 heterocycles. The fraction of sp³-hybridized carbons (Fsp3) is 0.800. The van der Waals surface area contributed by atoms with E-state index in [-0.39, 0.29) is 0 Å². The van der Waals surface area contributed by atoms with Crippen molar-refractivity contribution >= 4 is 65.2 Å². The van der Waals surface area contributed by atoms with Gasteiger partial charge in [-0.1, -0.05) is 0 Å². The van der Waals surface area contributed by atoms with E-state index in [2.05, 4.69) is 21.3 Å². The van der Waals surface area contributed by atoms with Gasteiger partial charge in [-0.15, -0.1) is 0 Å². The number of aliphatic carboxylic acids is 5. The lowest BCUT2D eigenvalue weighted by molar-refractivity contribution is -0.363. The molecule has 4 aliphatic heterocycles. The van der Waals surface area contributed by atoms with Crippen molar-refractivity contribution in [3.8, 4) is 0 Å². The normalized spacial score (nSPS) is 33.8. The summed E-state index contributed by atoms with van der Waals surface area (Å²) in [6, 6.07) is -10.4. The van der Waals surface area contributed by atoms with Gasteiger partial charge < -0.3 is 177 Å². The summed E-state index contributed by atoms with van der Waals surface area (Å²) in [4.78, 5) is 139. The molecule has 0 spiro atoms. The molecule has 0 aliphatic carbocycles. The largest absolute Gasteiger partial charge is 0.477 e. The van der Waals surface area contributed by atoms with E-state index in [1.54, 1.807) is 0 Å². The van der Waals surface area contributed by atoms with E-state index in [1.807, 2.05) is 5.32 Å². The summed E-state index contributed by atoms with van der Waals surface area (Å²) < 4.78 is 45.0. The summed E-state index contributed by atoms with van der Waals surface area (Å²) in [6.45, 7) is -3.74. The van der Waals surface area contributed by atoms with Gasteiger partial charge >= 0.3 is 29.8 Å². The Morgan fingerprint density at radius 1 is 0.376 bits per heavy atom. The molecule has 0 aromatic carbocycles. The minimum absolute atomic E-state index is 0.783. The molecule has 578 valence electrons. The number of ketones is 1. The third kappa shape index (κ3) is 20.4. The maximum atomic E-state index is 13.6. The Kier molecular flexibility index (Phi) is 31.1. The Morgan fingerprint density at radius 2 is 0.634 bits per heavy atom. The van der Waals surface area contributed by atoms with Crippen molar-refractivity contribution in [3.05, 3.63) is 0 Å². The summed E-state index contributed by atoms with van der Waals surface area (Å²) in [6.07, 6.45) is -57.9. The highest BCUT2D eigenvalue weighted by Crippen LogP contribution is 2.42. The Labute approximate surface area is 568 Å². The lowest BCUT2D eigenvalue weighted by atomic mass is 9.86. The standard InChI is InChI=1S/C55H87N5O41/c1-16(66)56-32(21(71)6-22(72)47(84)85)42(83)38(79)28(12-62)94-52(48(86)87)8-24(74)34(58-18(3)68)44(99-52)40(81)30(14-64)96-54(50(90)91)10-26(76)36(60-20(5)70)46(101-54)41(82)31(15-65)97-55(51(92)93)9-25(75)35(59-19(4)69)45(100-55)39(80)29(13-63)95-53(49(88)89)7-23(73)33(57-17(2)67)43(98-53)37(78)27(77)11-61/h21,23-46,61-65,71,73-83H,6-15H2,1-5H3,(H,56,66)(H,57,67)(H,58,68)(H,59,69)(H,60,70)(H,84,85)(H,86,87)(H,88,89)(H,90,91)(H,92,93)/t21-,23-,24-,25-,26-,27+,28+,29+,30+,31+,32+,33+,34+,35+,36+,37+,38+,39+,40+,41+,42+,43?,44?,45?,46?,52?,53?,54?,55?/m0/s1. The first-order chi connectivity index (χ1) is 46.8. The first kappa shape index (κ1) is 86.8. The molecule has 27 N–H and O–H groups in total. The van der Waals surface area contributed by atoms with Crippen LogP contribution in [0.5, 0.6) is 0 Å². The number of nitrogens with one attached hydrogen (secondary N) is 5. The molecule has 4 aliphatic rings. The number of carbonyl (C=O) groups is 11. The van der Waals surface area contributed by atoms with Gasteiger partial charge in [-0.05, 0) is 0 Å². The number of carbonyl (C=O) groups excluding carboxylic acids is 6. The lowest BCUT2D eigenvalue weighted by Crippen LogP contribution is -2.72. The van der Waals surface area contributed by atoms with E-state index in [4.69, 9.17) is 43.0 Å². The average Bonchev–Trinajstić information content (AvgIpc) is 0.763. The fourth-order valence-electron chi connectivity index (χ4n) is 12.0. The molecule has 0 radical (unpaired) electrons.